The monoisotopic (exact) mass is 329 g/mol. The normalized spacial score (nSPS) is 14.7. The maximum atomic E-state index is 11.1. The molecule has 0 aliphatic carbocycles. The summed E-state index contributed by atoms with van der Waals surface area (Å²) in [6.07, 6.45) is 0. The molecule has 1 fully saturated rings. The quantitative estimate of drug-likeness (QED) is 0.934. The lowest BCUT2D eigenvalue weighted by Gasteiger charge is -2.37. The van der Waals surface area contributed by atoms with Crippen LogP contribution < -0.4 is 15.1 Å². The van der Waals surface area contributed by atoms with Gasteiger partial charge < -0.3 is 15.1 Å². The van der Waals surface area contributed by atoms with E-state index in [1.165, 1.54) is 18.3 Å². The minimum Gasteiger partial charge on any atom is -0.368 e. The Hall–Kier alpha value is -2.20. The predicted molar refractivity (Wildman–Crippen MR) is 96.6 cm³/mol. The number of piperazine rings is 1. The summed E-state index contributed by atoms with van der Waals surface area (Å²) in [7, 11) is 0. The third-order valence-electron chi connectivity index (χ3n) is 4.01. The fourth-order valence-electron chi connectivity index (χ4n) is 2.85. The summed E-state index contributed by atoms with van der Waals surface area (Å²) in [4.78, 5) is 15.8. The number of halogens is 1. The van der Waals surface area contributed by atoms with Crippen LogP contribution in [0.4, 0.5) is 17.1 Å². The molecule has 2 aromatic rings. The molecule has 5 heteroatoms. The number of carbonyl (C=O) groups is 1. The van der Waals surface area contributed by atoms with Crippen LogP contribution in [0.25, 0.3) is 0 Å². The van der Waals surface area contributed by atoms with Crippen molar-refractivity contribution in [3.05, 3.63) is 53.6 Å². The van der Waals surface area contributed by atoms with Gasteiger partial charge in [-0.15, -0.1) is 0 Å². The molecule has 1 aliphatic rings. The Morgan fingerprint density at radius 2 is 1.57 bits per heavy atom. The molecule has 0 bridgehead atoms. The van der Waals surface area contributed by atoms with E-state index in [2.05, 4.69) is 33.3 Å². The molecule has 0 spiro atoms. The van der Waals surface area contributed by atoms with E-state index >= 15 is 0 Å². The van der Waals surface area contributed by atoms with Crippen molar-refractivity contribution < 1.29 is 4.79 Å². The number of hydrogen-bond donors (Lipinski definition) is 1. The van der Waals surface area contributed by atoms with E-state index in [9.17, 15) is 4.79 Å². The van der Waals surface area contributed by atoms with E-state index < -0.39 is 0 Å². The molecule has 1 amide bonds. The van der Waals surface area contributed by atoms with E-state index in [0.29, 0.717) is 0 Å². The van der Waals surface area contributed by atoms with E-state index in [1.54, 1.807) is 0 Å². The average molecular weight is 330 g/mol. The number of benzene rings is 2. The summed E-state index contributed by atoms with van der Waals surface area (Å²) < 4.78 is 0. The first kappa shape index (κ1) is 15.7. The summed E-state index contributed by atoms with van der Waals surface area (Å²) >= 11 is 6.07. The lowest BCUT2D eigenvalue weighted by molar-refractivity contribution is -0.114. The van der Waals surface area contributed by atoms with Crippen LogP contribution in [-0.2, 0) is 4.79 Å². The zero-order chi connectivity index (χ0) is 16.2. The van der Waals surface area contributed by atoms with Crippen LogP contribution in [0.15, 0.2) is 48.5 Å². The van der Waals surface area contributed by atoms with Gasteiger partial charge in [-0.1, -0.05) is 17.7 Å². The zero-order valence-electron chi connectivity index (χ0n) is 13.1. The fraction of sp³-hybridized carbons (Fsp3) is 0.278. The first-order valence-corrected chi connectivity index (χ1v) is 8.13. The van der Waals surface area contributed by atoms with Crippen molar-refractivity contribution in [2.75, 3.05) is 41.3 Å². The highest BCUT2D eigenvalue weighted by atomic mass is 35.5. The number of nitrogens with zero attached hydrogens (tertiary/aromatic N) is 2. The summed E-state index contributed by atoms with van der Waals surface area (Å²) in [5.41, 5.74) is 3.20. The standard InChI is InChI=1S/C18H20ClN3O/c1-14(23)20-16-5-7-17(8-6-16)21-9-11-22(12-10-21)18-4-2-3-15(19)13-18/h2-8,13H,9-12H2,1H3,(H,20,23). The molecule has 1 aliphatic heterocycles. The van der Waals surface area contributed by atoms with Crippen LogP contribution in [-0.4, -0.2) is 32.1 Å². The van der Waals surface area contributed by atoms with Crippen LogP contribution in [0.3, 0.4) is 0 Å². The van der Waals surface area contributed by atoms with Crippen LogP contribution >= 0.6 is 11.6 Å². The topological polar surface area (TPSA) is 35.6 Å². The van der Waals surface area contributed by atoms with Crippen molar-refractivity contribution >= 4 is 34.6 Å². The number of nitrogens with one attached hydrogen (secondary N) is 1. The van der Waals surface area contributed by atoms with Crippen molar-refractivity contribution in [3.63, 3.8) is 0 Å². The maximum Gasteiger partial charge on any atom is 0.221 e. The molecule has 1 saturated heterocycles. The van der Waals surface area contributed by atoms with Gasteiger partial charge in [0.2, 0.25) is 5.91 Å². The molecular formula is C18H20ClN3O. The second-order valence-corrected chi connectivity index (χ2v) is 6.12. The second-order valence-electron chi connectivity index (χ2n) is 5.68. The molecule has 0 saturated carbocycles. The molecule has 0 atom stereocenters. The number of anilines is 3. The van der Waals surface area contributed by atoms with E-state index in [0.717, 1.165) is 36.9 Å². The Morgan fingerprint density at radius 1 is 0.957 bits per heavy atom. The van der Waals surface area contributed by atoms with Gasteiger partial charge in [-0.25, -0.2) is 0 Å². The van der Waals surface area contributed by atoms with Crippen LogP contribution in [0.1, 0.15) is 6.92 Å². The molecule has 120 valence electrons. The molecule has 0 unspecified atom stereocenters. The van der Waals surface area contributed by atoms with Crippen molar-refractivity contribution in [1.29, 1.82) is 0 Å². The van der Waals surface area contributed by atoms with Crippen molar-refractivity contribution in [2.45, 2.75) is 6.92 Å². The maximum absolute atomic E-state index is 11.1. The highest BCUT2D eigenvalue weighted by Crippen LogP contribution is 2.24. The first-order valence-electron chi connectivity index (χ1n) is 7.75. The number of rotatable bonds is 3. The van der Waals surface area contributed by atoms with E-state index in [4.69, 9.17) is 11.6 Å². The van der Waals surface area contributed by atoms with Crippen molar-refractivity contribution in [3.8, 4) is 0 Å². The van der Waals surface area contributed by atoms with Gasteiger partial charge in [0.25, 0.3) is 0 Å². The summed E-state index contributed by atoms with van der Waals surface area (Å²) in [5.74, 6) is -0.0483. The van der Waals surface area contributed by atoms with Gasteiger partial charge >= 0.3 is 0 Å². The molecule has 0 aromatic heterocycles. The molecular weight excluding hydrogens is 310 g/mol. The van der Waals surface area contributed by atoms with Crippen LogP contribution in [0, 0.1) is 0 Å². The molecule has 0 radical (unpaired) electrons. The SMILES string of the molecule is CC(=O)Nc1ccc(N2CCN(c3cccc(Cl)c3)CC2)cc1. The third-order valence-corrected chi connectivity index (χ3v) is 4.24. The number of amides is 1. The van der Waals surface area contributed by atoms with Crippen LogP contribution in [0.2, 0.25) is 5.02 Å². The van der Waals surface area contributed by atoms with Crippen molar-refractivity contribution in [2.24, 2.45) is 0 Å². The predicted octanol–water partition coefficient (Wildman–Crippen LogP) is 3.63. The van der Waals surface area contributed by atoms with Gasteiger partial charge in [0.1, 0.15) is 0 Å². The smallest absolute Gasteiger partial charge is 0.221 e. The fourth-order valence-corrected chi connectivity index (χ4v) is 3.04. The highest BCUT2D eigenvalue weighted by Gasteiger charge is 2.17. The lowest BCUT2D eigenvalue weighted by atomic mass is 10.2. The average Bonchev–Trinajstić information content (AvgIpc) is 2.55. The molecule has 3 rings (SSSR count). The second kappa shape index (κ2) is 6.92. The zero-order valence-corrected chi connectivity index (χ0v) is 13.9. The number of hydrogen-bond acceptors (Lipinski definition) is 3. The molecule has 4 nitrogen and oxygen atoms in total. The van der Waals surface area contributed by atoms with Gasteiger partial charge in [-0.3, -0.25) is 4.79 Å². The molecule has 1 N–H and O–H groups in total. The van der Waals surface area contributed by atoms with Gasteiger partial charge in [0.05, 0.1) is 0 Å². The van der Waals surface area contributed by atoms with Crippen molar-refractivity contribution in [1.82, 2.24) is 0 Å². The van der Waals surface area contributed by atoms with E-state index in [1.807, 2.05) is 30.3 Å². The highest BCUT2D eigenvalue weighted by molar-refractivity contribution is 6.30. The largest absolute Gasteiger partial charge is 0.368 e. The summed E-state index contributed by atoms with van der Waals surface area (Å²) in [6, 6.07) is 16.0. The Labute approximate surface area is 141 Å². The molecule has 1 heterocycles. The van der Waals surface area contributed by atoms with Crippen LogP contribution in [0.5, 0.6) is 0 Å². The first-order chi connectivity index (χ1) is 11.1. The minimum atomic E-state index is -0.0483. The Morgan fingerprint density at radius 3 is 2.13 bits per heavy atom. The minimum absolute atomic E-state index is 0.0483. The van der Waals surface area contributed by atoms with E-state index in [-0.39, 0.29) is 5.91 Å². The molecule has 2 aromatic carbocycles. The van der Waals surface area contributed by atoms with Gasteiger partial charge in [-0.2, -0.15) is 0 Å². The van der Waals surface area contributed by atoms with Gasteiger partial charge in [0, 0.05) is 55.2 Å². The van der Waals surface area contributed by atoms with Gasteiger partial charge in [0.15, 0.2) is 0 Å². The summed E-state index contributed by atoms with van der Waals surface area (Å²) in [6.45, 7) is 5.38. The van der Waals surface area contributed by atoms with Gasteiger partial charge in [-0.05, 0) is 42.5 Å². The lowest BCUT2D eigenvalue weighted by Crippen LogP contribution is -2.46. The molecule has 23 heavy (non-hydrogen) atoms. The Kier molecular flexibility index (Phi) is 4.72. The summed E-state index contributed by atoms with van der Waals surface area (Å²) in [5, 5.41) is 3.57. The Balaban J connectivity index is 1.61. The third kappa shape index (κ3) is 3.96. The Bertz CT molecular complexity index is 679. The number of carbonyl (C=O) groups excluding carboxylic acids is 1.